The minimum atomic E-state index is 0.340. The molecule has 2 aromatic heterocycles. The zero-order valence-electron chi connectivity index (χ0n) is 9.18. The number of nitrogens with zero attached hydrogens (tertiary/aromatic N) is 3. The molecule has 0 spiro atoms. The average Bonchev–Trinajstić information content (AvgIpc) is 2.79. The van der Waals surface area contributed by atoms with Crippen molar-refractivity contribution in [3.63, 3.8) is 0 Å². The van der Waals surface area contributed by atoms with Crippen molar-refractivity contribution in [3.8, 4) is 0 Å². The van der Waals surface area contributed by atoms with Gasteiger partial charge in [0.25, 0.3) is 0 Å². The largest absolute Gasteiger partial charge is 0.377 e. The van der Waals surface area contributed by atoms with Gasteiger partial charge < -0.3 is 10.1 Å². The first-order valence-corrected chi connectivity index (χ1v) is 6.18. The van der Waals surface area contributed by atoms with Gasteiger partial charge in [-0.1, -0.05) is 11.6 Å². The normalized spacial score (nSPS) is 10.5. The van der Waals surface area contributed by atoms with Crippen molar-refractivity contribution < 1.29 is 4.74 Å². The molecule has 0 amide bonds. The molecule has 2 aromatic rings. The Hall–Kier alpha value is -1.24. The maximum Gasteiger partial charge on any atom is 0.158 e. The molecule has 1 N–H and O–H groups in total. The number of rotatable bonds is 5. The summed E-state index contributed by atoms with van der Waals surface area (Å²) in [6.07, 6.45) is 1.77. The molecule has 0 aliphatic heterocycles. The second kappa shape index (κ2) is 5.90. The van der Waals surface area contributed by atoms with Gasteiger partial charge in [0.05, 0.1) is 6.54 Å². The van der Waals surface area contributed by atoms with E-state index >= 15 is 0 Å². The van der Waals surface area contributed by atoms with Crippen LogP contribution in [0.5, 0.6) is 0 Å². The van der Waals surface area contributed by atoms with E-state index in [0.29, 0.717) is 29.9 Å². The lowest BCUT2D eigenvalue weighted by Crippen LogP contribution is -2.05. The molecule has 0 aliphatic rings. The third-order valence-electron chi connectivity index (χ3n) is 1.92. The minimum absolute atomic E-state index is 0.340. The number of anilines is 1. The van der Waals surface area contributed by atoms with E-state index in [0.717, 1.165) is 5.01 Å². The molecule has 2 heterocycles. The second-order valence-electron chi connectivity index (χ2n) is 3.20. The average molecular weight is 271 g/mol. The molecule has 17 heavy (non-hydrogen) atoms. The smallest absolute Gasteiger partial charge is 0.158 e. The van der Waals surface area contributed by atoms with Gasteiger partial charge in [-0.05, 0) is 0 Å². The highest BCUT2D eigenvalue weighted by Crippen LogP contribution is 2.13. The van der Waals surface area contributed by atoms with Crippen molar-refractivity contribution in [2.75, 3.05) is 12.4 Å². The quantitative estimate of drug-likeness (QED) is 0.845. The van der Waals surface area contributed by atoms with Gasteiger partial charge in [-0.25, -0.2) is 15.0 Å². The Morgan fingerprint density at radius 1 is 1.47 bits per heavy atom. The summed E-state index contributed by atoms with van der Waals surface area (Å²) in [4.78, 5) is 12.5. The highest BCUT2D eigenvalue weighted by atomic mass is 35.5. The Morgan fingerprint density at radius 3 is 3.06 bits per heavy atom. The summed E-state index contributed by atoms with van der Waals surface area (Å²) in [5.74, 6) is 1.23. The topological polar surface area (TPSA) is 59.9 Å². The number of halogens is 1. The molecular formula is C10H11ClN4OS. The molecule has 0 saturated heterocycles. The molecule has 0 bridgehead atoms. The summed E-state index contributed by atoms with van der Waals surface area (Å²) in [5.41, 5.74) is 0. The second-order valence-corrected chi connectivity index (χ2v) is 4.57. The van der Waals surface area contributed by atoms with E-state index in [9.17, 15) is 0 Å². The van der Waals surface area contributed by atoms with Gasteiger partial charge in [0, 0.05) is 24.8 Å². The van der Waals surface area contributed by atoms with Gasteiger partial charge in [0.1, 0.15) is 22.6 Å². The summed E-state index contributed by atoms with van der Waals surface area (Å²) < 4.78 is 4.97. The molecule has 0 radical (unpaired) electrons. The Bertz CT molecular complexity index is 477. The molecule has 0 aromatic carbocycles. The monoisotopic (exact) mass is 270 g/mol. The van der Waals surface area contributed by atoms with Crippen LogP contribution in [0.3, 0.4) is 0 Å². The summed E-state index contributed by atoms with van der Waals surface area (Å²) in [5, 5.41) is 6.46. The predicted octanol–water partition coefficient (Wildman–Crippen LogP) is 2.34. The molecule has 5 nitrogen and oxygen atoms in total. The first-order valence-electron chi connectivity index (χ1n) is 4.92. The molecule has 0 atom stereocenters. The lowest BCUT2D eigenvalue weighted by Gasteiger charge is -2.06. The summed E-state index contributed by atoms with van der Waals surface area (Å²) in [6, 6.07) is 1.67. The third kappa shape index (κ3) is 3.62. The number of nitrogens with one attached hydrogen (secondary N) is 1. The van der Waals surface area contributed by atoms with Crippen molar-refractivity contribution >= 4 is 28.8 Å². The van der Waals surface area contributed by atoms with Crippen molar-refractivity contribution in [1.82, 2.24) is 15.0 Å². The zero-order chi connectivity index (χ0) is 12.1. The zero-order valence-corrected chi connectivity index (χ0v) is 10.8. The van der Waals surface area contributed by atoms with Crippen LogP contribution in [0.2, 0.25) is 5.15 Å². The maximum absolute atomic E-state index is 5.89. The minimum Gasteiger partial charge on any atom is -0.377 e. The molecule has 0 aliphatic carbocycles. The Morgan fingerprint density at radius 2 is 2.35 bits per heavy atom. The lowest BCUT2D eigenvalue weighted by molar-refractivity contribution is 0.178. The number of aromatic nitrogens is 3. The van der Waals surface area contributed by atoms with E-state index in [1.807, 2.05) is 5.38 Å². The molecule has 0 fully saturated rings. The van der Waals surface area contributed by atoms with Crippen LogP contribution in [-0.4, -0.2) is 22.1 Å². The molecule has 7 heteroatoms. The fourth-order valence-electron chi connectivity index (χ4n) is 1.26. The molecule has 0 saturated carbocycles. The maximum atomic E-state index is 5.89. The SMILES string of the molecule is COCc1nc(Cl)cc(NCc2nccs2)n1. The van der Waals surface area contributed by atoms with E-state index in [2.05, 4.69) is 20.3 Å². The van der Waals surface area contributed by atoms with Crippen LogP contribution in [0.15, 0.2) is 17.6 Å². The first-order chi connectivity index (χ1) is 8.28. The van der Waals surface area contributed by atoms with Gasteiger partial charge in [-0.2, -0.15) is 0 Å². The van der Waals surface area contributed by atoms with Gasteiger partial charge >= 0.3 is 0 Å². The fourth-order valence-corrected chi connectivity index (χ4v) is 2.01. The van der Waals surface area contributed by atoms with Crippen molar-refractivity contribution in [3.05, 3.63) is 33.6 Å². The molecule has 2 rings (SSSR count). The van der Waals surface area contributed by atoms with E-state index in [4.69, 9.17) is 16.3 Å². The Balaban J connectivity index is 2.04. The van der Waals surface area contributed by atoms with Crippen LogP contribution < -0.4 is 5.32 Å². The number of ether oxygens (including phenoxy) is 1. The van der Waals surface area contributed by atoms with Crippen molar-refractivity contribution in [2.24, 2.45) is 0 Å². The Labute approximate surface area is 108 Å². The summed E-state index contributed by atoms with van der Waals surface area (Å²) >= 11 is 7.47. The number of methoxy groups -OCH3 is 1. The summed E-state index contributed by atoms with van der Waals surface area (Å²) in [6.45, 7) is 0.962. The molecule has 0 unspecified atom stereocenters. The lowest BCUT2D eigenvalue weighted by atomic mass is 10.5. The van der Waals surface area contributed by atoms with Gasteiger partial charge in [0.2, 0.25) is 0 Å². The standard InChI is InChI=1S/C10H11ClN4OS/c1-16-6-9-14-7(11)4-8(15-9)13-5-10-12-2-3-17-10/h2-4H,5-6H2,1H3,(H,13,14,15). The molecule has 90 valence electrons. The first kappa shape index (κ1) is 12.2. The van der Waals surface area contributed by atoms with Gasteiger partial charge in [0.15, 0.2) is 5.82 Å². The van der Waals surface area contributed by atoms with E-state index in [1.165, 1.54) is 0 Å². The van der Waals surface area contributed by atoms with Crippen LogP contribution >= 0.6 is 22.9 Å². The van der Waals surface area contributed by atoms with Gasteiger partial charge in [-0.15, -0.1) is 11.3 Å². The van der Waals surface area contributed by atoms with Crippen LogP contribution in [0.25, 0.3) is 0 Å². The summed E-state index contributed by atoms with van der Waals surface area (Å²) in [7, 11) is 1.59. The van der Waals surface area contributed by atoms with Crippen LogP contribution in [0.1, 0.15) is 10.8 Å². The van der Waals surface area contributed by atoms with Crippen molar-refractivity contribution in [1.29, 1.82) is 0 Å². The highest BCUT2D eigenvalue weighted by Gasteiger charge is 2.03. The third-order valence-corrected chi connectivity index (χ3v) is 2.89. The van der Waals surface area contributed by atoms with Crippen LogP contribution in [0, 0.1) is 0 Å². The van der Waals surface area contributed by atoms with Crippen molar-refractivity contribution in [2.45, 2.75) is 13.2 Å². The highest BCUT2D eigenvalue weighted by molar-refractivity contribution is 7.09. The van der Waals surface area contributed by atoms with Crippen LogP contribution in [0.4, 0.5) is 5.82 Å². The van der Waals surface area contributed by atoms with Gasteiger partial charge in [-0.3, -0.25) is 0 Å². The molecular weight excluding hydrogens is 260 g/mol. The van der Waals surface area contributed by atoms with E-state index < -0.39 is 0 Å². The van der Waals surface area contributed by atoms with Crippen LogP contribution in [-0.2, 0) is 17.9 Å². The number of thiazole rings is 1. The fraction of sp³-hybridized carbons (Fsp3) is 0.300. The predicted molar refractivity (Wildman–Crippen MR) is 67.2 cm³/mol. The number of hydrogen-bond acceptors (Lipinski definition) is 6. The number of hydrogen-bond donors (Lipinski definition) is 1. The van der Waals surface area contributed by atoms with E-state index in [-0.39, 0.29) is 0 Å². The Kier molecular flexibility index (Phi) is 4.24. The van der Waals surface area contributed by atoms with E-state index in [1.54, 1.807) is 30.7 Å².